The van der Waals surface area contributed by atoms with E-state index in [1.807, 2.05) is 0 Å². The molecular formula is C9H15NO6S. The molecule has 1 atom stereocenters. The van der Waals surface area contributed by atoms with Gasteiger partial charge in [0.25, 0.3) is 0 Å². The molecule has 1 unspecified atom stereocenters. The van der Waals surface area contributed by atoms with Gasteiger partial charge in [-0.15, -0.1) is 0 Å². The summed E-state index contributed by atoms with van der Waals surface area (Å²) >= 11 is 0. The summed E-state index contributed by atoms with van der Waals surface area (Å²) in [6.45, 7) is 0. The molecule has 17 heavy (non-hydrogen) atoms. The molecule has 0 bridgehead atoms. The molecule has 8 heteroatoms. The maximum absolute atomic E-state index is 11.5. The van der Waals surface area contributed by atoms with Crippen molar-refractivity contribution in [1.82, 2.24) is 4.72 Å². The van der Waals surface area contributed by atoms with Crippen LogP contribution in [-0.2, 0) is 24.3 Å². The highest BCUT2D eigenvalue weighted by atomic mass is 32.2. The predicted octanol–water partition coefficient (Wildman–Crippen LogP) is -0.668. The zero-order valence-corrected chi connectivity index (χ0v) is 10.2. The number of aliphatic carboxylic acids is 1. The van der Waals surface area contributed by atoms with Gasteiger partial charge in [-0.3, -0.25) is 9.59 Å². The minimum Gasteiger partial charge on any atom is -0.480 e. The molecule has 0 radical (unpaired) electrons. The number of nitrogens with one attached hydrogen (secondary N) is 1. The normalized spacial score (nSPS) is 17.5. The Morgan fingerprint density at radius 2 is 2.06 bits per heavy atom. The Morgan fingerprint density at radius 3 is 2.47 bits per heavy atom. The largest absolute Gasteiger partial charge is 0.480 e. The number of carboxylic acids is 1. The maximum atomic E-state index is 11.5. The van der Waals surface area contributed by atoms with Crippen molar-refractivity contribution in [3.05, 3.63) is 0 Å². The van der Waals surface area contributed by atoms with Gasteiger partial charge in [0, 0.05) is 0 Å². The molecule has 1 fully saturated rings. The van der Waals surface area contributed by atoms with E-state index in [0.29, 0.717) is 12.8 Å². The third-order valence-corrected chi connectivity index (χ3v) is 3.82. The molecule has 0 saturated heterocycles. The summed E-state index contributed by atoms with van der Waals surface area (Å²) < 4.78 is 29.4. The Bertz CT molecular complexity index is 400. The number of rotatable bonds is 7. The molecule has 1 rings (SSSR count). The van der Waals surface area contributed by atoms with Crippen LogP contribution in [0.3, 0.4) is 0 Å². The van der Waals surface area contributed by atoms with Crippen LogP contribution < -0.4 is 4.72 Å². The lowest BCUT2D eigenvalue weighted by molar-refractivity contribution is -0.140. The van der Waals surface area contributed by atoms with E-state index in [-0.39, 0.29) is 12.3 Å². The number of hydrogen-bond donors (Lipinski definition) is 2. The van der Waals surface area contributed by atoms with Gasteiger partial charge in [0.2, 0.25) is 10.0 Å². The van der Waals surface area contributed by atoms with Crippen LogP contribution in [0.5, 0.6) is 0 Å². The zero-order chi connectivity index (χ0) is 13.1. The average molecular weight is 265 g/mol. The molecule has 2 N–H and O–H groups in total. The molecule has 7 nitrogen and oxygen atoms in total. The lowest BCUT2D eigenvalue weighted by atomic mass is 10.2. The molecule has 1 aliphatic rings. The summed E-state index contributed by atoms with van der Waals surface area (Å²) in [4.78, 5) is 21.6. The van der Waals surface area contributed by atoms with Gasteiger partial charge in [-0.25, -0.2) is 13.1 Å². The van der Waals surface area contributed by atoms with Crippen molar-refractivity contribution in [1.29, 1.82) is 0 Å². The molecule has 0 amide bonds. The van der Waals surface area contributed by atoms with Gasteiger partial charge in [-0.05, 0) is 18.8 Å². The third-order valence-electron chi connectivity index (χ3n) is 2.47. The number of ether oxygens (including phenoxy) is 1. The first kappa shape index (κ1) is 13.9. The van der Waals surface area contributed by atoms with Gasteiger partial charge in [0.1, 0.15) is 6.04 Å². The van der Waals surface area contributed by atoms with Crippen molar-refractivity contribution >= 4 is 22.0 Å². The summed E-state index contributed by atoms with van der Waals surface area (Å²) in [6, 6.07) is -1.09. The standard InChI is InChI=1S/C9H15NO6S/c1-16-7(11)4-5-17(14,15)10-8(9(12)13)6-2-3-6/h6,8,10H,2-5H2,1H3,(H,12,13). The molecule has 98 valence electrons. The second kappa shape index (κ2) is 5.46. The number of carbonyl (C=O) groups is 2. The topological polar surface area (TPSA) is 110 Å². The number of carboxylic acid groups (broad SMARTS) is 1. The number of hydrogen-bond acceptors (Lipinski definition) is 5. The van der Waals surface area contributed by atoms with Crippen LogP contribution in [0.4, 0.5) is 0 Å². The molecule has 0 aromatic carbocycles. The maximum Gasteiger partial charge on any atom is 0.322 e. The van der Waals surface area contributed by atoms with Crippen molar-refractivity contribution in [2.45, 2.75) is 25.3 Å². The monoisotopic (exact) mass is 265 g/mol. The fourth-order valence-corrected chi connectivity index (χ4v) is 2.58. The number of esters is 1. The lowest BCUT2D eigenvalue weighted by Crippen LogP contribution is -2.43. The zero-order valence-electron chi connectivity index (χ0n) is 9.38. The number of sulfonamides is 1. The lowest BCUT2D eigenvalue weighted by Gasteiger charge is -2.13. The molecule has 0 aliphatic heterocycles. The Kier molecular flexibility index (Phi) is 4.47. The number of methoxy groups -OCH3 is 1. The highest BCUT2D eigenvalue weighted by molar-refractivity contribution is 7.89. The third kappa shape index (κ3) is 4.70. The second-order valence-electron chi connectivity index (χ2n) is 3.92. The molecule has 0 aromatic heterocycles. The van der Waals surface area contributed by atoms with E-state index in [0.717, 1.165) is 7.11 Å². The van der Waals surface area contributed by atoms with E-state index in [4.69, 9.17) is 5.11 Å². The van der Waals surface area contributed by atoms with Gasteiger partial charge >= 0.3 is 11.9 Å². The summed E-state index contributed by atoms with van der Waals surface area (Å²) in [5.74, 6) is -2.43. The first-order valence-electron chi connectivity index (χ1n) is 5.15. The van der Waals surface area contributed by atoms with E-state index >= 15 is 0 Å². The number of carbonyl (C=O) groups excluding carboxylic acids is 1. The molecule has 1 aliphatic carbocycles. The minimum atomic E-state index is -3.77. The van der Waals surface area contributed by atoms with Crippen molar-refractivity contribution < 1.29 is 27.9 Å². The summed E-state index contributed by atoms with van der Waals surface area (Å²) in [5.41, 5.74) is 0. The highest BCUT2D eigenvalue weighted by Gasteiger charge is 2.38. The van der Waals surface area contributed by atoms with Crippen LogP contribution in [0.2, 0.25) is 0 Å². The summed E-state index contributed by atoms with van der Waals surface area (Å²) in [7, 11) is -2.61. The van der Waals surface area contributed by atoms with E-state index < -0.39 is 33.8 Å². The fraction of sp³-hybridized carbons (Fsp3) is 0.778. The van der Waals surface area contributed by atoms with Gasteiger partial charge in [-0.1, -0.05) is 0 Å². The average Bonchev–Trinajstić information content (AvgIpc) is 3.06. The summed E-state index contributed by atoms with van der Waals surface area (Å²) in [6.07, 6.45) is 1.12. The van der Waals surface area contributed by atoms with Crippen molar-refractivity contribution in [3.8, 4) is 0 Å². The molecule has 0 aromatic rings. The van der Waals surface area contributed by atoms with Crippen molar-refractivity contribution in [3.63, 3.8) is 0 Å². The molecular weight excluding hydrogens is 250 g/mol. The SMILES string of the molecule is COC(=O)CCS(=O)(=O)NC(C(=O)O)C1CC1. The van der Waals surface area contributed by atoms with Crippen molar-refractivity contribution in [2.75, 3.05) is 12.9 Å². The van der Waals surface area contributed by atoms with Crippen LogP contribution in [-0.4, -0.2) is 44.4 Å². The first-order valence-corrected chi connectivity index (χ1v) is 6.80. The second-order valence-corrected chi connectivity index (χ2v) is 5.79. The Hall–Kier alpha value is -1.15. The van der Waals surface area contributed by atoms with Crippen LogP contribution >= 0.6 is 0 Å². The van der Waals surface area contributed by atoms with Gasteiger partial charge in [0.15, 0.2) is 0 Å². The fourth-order valence-electron chi connectivity index (χ4n) is 1.35. The van der Waals surface area contributed by atoms with E-state index in [9.17, 15) is 18.0 Å². The Balaban J connectivity index is 2.52. The van der Waals surface area contributed by atoms with Crippen LogP contribution in [0.25, 0.3) is 0 Å². The quantitative estimate of drug-likeness (QED) is 0.591. The van der Waals surface area contributed by atoms with Crippen LogP contribution in [0, 0.1) is 5.92 Å². The molecule has 1 saturated carbocycles. The molecule has 0 heterocycles. The van der Waals surface area contributed by atoms with E-state index in [2.05, 4.69) is 9.46 Å². The van der Waals surface area contributed by atoms with Crippen LogP contribution in [0.15, 0.2) is 0 Å². The van der Waals surface area contributed by atoms with E-state index in [1.165, 1.54) is 0 Å². The first-order chi connectivity index (χ1) is 7.85. The van der Waals surface area contributed by atoms with Gasteiger partial charge in [0.05, 0.1) is 19.3 Å². The van der Waals surface area contributed by atoms with Crippen LogP contribution in [0.1, 0.15) is 19.3 Å². The Labute approximate surface area is 99.2 Å². The van der Waals surface area contributed by atoms with Gasteiger partial charge in [-0.2, -0.15) is 0 Å². The predicted molar refractivity (Wildman–Crippen MR) is 57.7 cm³/mol. The summed E-state index contributed by atoms with van der Waals surface area (Å²) in [5, 5.41) is 8.85. The van der Waals surface area contributed by atoms with Gasteiger partial charge < -0.3 is 9.84 Å². The Morgan fingerprint density at radius 1 is 1.47 bits per heavy atom. The van der Waals surface area contributed by atoms with Crippen molar-refractivity contribution in [2.24, 2.45) is 5.92 Å². The van der Waals surface area contributed by atoms with E-state index in [1.54, 1.807) is 0 Å². The highest BCUT2D eigenvalue weighted by Crippen LogP contribution is 2.33. The molecule has 0 spiro atoms. The smallest absolute Gasteiger partial charge is 0.322 e. The minimum absolute atomic E-state index is 0.139.